The van der Waals surface area contributed by atoms with Crippen LogP contribution in [0.25, 0.3) is 0 Å². The van der Waals surface area contributed by atoms with Gasteiger partial charge in [-0.05, 0) is 18.6 Å². The highest BCUT2D eigenvalue weighted by molar-refractivity contribution is 7.18. The molecule has 0 unspecified atom stereocenters. The molecule has 0 aliphatic rings. The molecule has 0 aliphatic carbocycles. The molecule has 1 heterocycles. The van der Waals surface area contributed by atoms with Gasteiger partial charge in [-0.1, -0.05) is 29.8 Å². The summed E-state index contributed by atoms with van der Waals surface area (Å²) in [4.78, 5) is 24.2. The molecule has 0 atom stereocenters. The second-order valence-electron chi connectivity index (χ2n) is 4.56. The molecular weight excluding hydrogens is 312 g/mol. The third-order valence-electron chi connectivity index (χ3n) is 2.95. The van der Waals surface area contributed by atoms with E-state index in [-0.39, 0.29) is 11.5 Å². The number of carbonyl (C=O) groups is 1. The molecule has 7 heteroatoms. The first-order valence-corrected chi connectivity index (χ1v) is 7.33. The number of ketones is 1. The Balaban J connectivity index is 2.34. The molecule has 0 aliphatic heterocycles. The molecule has 0 radical (unpaired) electrons. The molecule has 1 aromatic carbocycles. The Morgan fingerprint density at radius 1 is 1.43 bits per heavy atom. The van der Waals surface area contributed by atoms with Crippen LogP contribution in [0.15, 0.2) is 30.3 Å². The lowest BCUT2D eigenvalue weighted by molar-refractivity contribution is -0.383. The molecule has 2 aromatic rings. The second-order valence-corrected chi connectivity index (χ2v) is 6.00. The van der Waals surface area contributed by atoms with E-state index in [0.717, 1.165) is 16.9 Å². The van der Waals surface area contributed by atoms with Crippen molar-refractivity contribution in [3.63, 3.8) is 0 Å². The van der Waals surface area contributed by atoms with Gasteiger partial charge in [-0.25, -0.2) is 0 Å². The summed E-state index contributed by atoms with van der Waals surface area (Å²) in [5, 5.41) is 12.2. The summed E-state index contributed by atoms with van der Waals surface area (Å²) in [5.41, 5.74) is 0.813. The number of nitrogens with zero attached hydrogens (tertiary/aromatic N) is 2. The number of hydrogen-bond donors (Lipinski definition) is 0. The van der Waals surface area contributed by atoms with Crippen LogP contribution in [0, 0.1) is 10.1 Å². The Kier molecular flexibility index (Phi) is 4.59. The fraction of sp³-hybridized carbons (Fsp3) is 0.214. The van der Waals surface area contributed by atoms with Gasteiger partial charge in [-0.3, -0.25) is 14.9 Å². The minimum Gasteiger partial charge on any atom is -0.356 e. The zero-order chi connectivity index (χ0) is 15.6. The normalized spacial score (nSPS) is 10.4. The Morgan fingerprint density at radius 2 is 2.10 bits per heavy atom. The predicted octanol–water partition coefficient (Wildman–Crippen LogP) is 4.15. The van der Waals surface area contributed by atoms with E-state index in [2.05, 4.69) is 0 Å². The molecule has 0 N–H and O–H groups in total. The van der Waals surface area contributed by atoms with Crippen LogP contribution in [0.4, 0.5) is 10.7 Å². The standard InChI is InChI=1S/C14H13ClN2O3S/c1-9(18)13-7-12(17(19)20)14(21-13)16(2)8-10-5-3-4-6-11(10)15/h3-7H,8H2,1-2H3. The van der Waals surface area contributed by atoms with Crippen molar-refractivity contribution >= 4 is 39.4 Å². The highest BCUT2D eigenvalue weighted by Crippen LogP contribution is 2.38. The van der Waals surface area contributed by atoms with Crippen LogP contribution in [0.3, 0.4) is 0 Å². The quantitative estimate of drug-likeness (QED) is 0.471. The first-order valence-electron chi connectivity index (χ1n) is 6.14. The van der Waals surface area contributed by atoms with Crippen molar-refractivity contribution in [1.82, 2.24) is 0 Å². The third-order valence-corrected chi connectivity index (χ3v) is 4.66. The molecule has 0 spiro atoms. The maximum absolute atomic E-state index is 11.4. The van der Waals surface area contributed by atoms with E-state index in [1.165, 1.54) is 13.0 Å². The van der Waals surface area contributed by atoms with E-state index in [9.17, 15) is 14.9 Å². The van der Waals surface area contributed by atoms with Gasteiger partial charge in [0.2, 0.25) is 0 Å². The summed E-state index contributed by atoms with van der Waals surface area (Å²) < 4.78 is 0. The van der Waals surface area contributed by atoms with Crippen molar-refractivity contribution in [3.8, 4) is 0 Å². The van der Waals surface area contributed by atoms with E-state index in [1.54, 1.807) is 18.0 Å². The Morgan fingerprint density at radius 3 is 2.67 bits per heavy atom. The van der Waals surface area contributed by atoms with Gasteiger partial charge in [0.1, 0.15) is 0 Å². The smallest absolute Gasteiger partial charge is 0.304 e. The molecule has 0 amide bonds. The molecule has 0 saturated carbocycles. The van der Waals surface area contributed by atoms with Gasteiger partial charge < -0.3 is 4.90 Å². The van der Waals surface area contributed by atoms with Crippen molar-refractivity contribution < 1.29 is 9.72 Å². The molecule has 2 rings (SSSR count). The topological polar surface area (TPSA) is 63.4 Å². The van der Waals surface area contributed by atoms with Gasteiger partial charge in [-0.2, -0.15) is 0 Å². The van der Waals surface area contributed by atoms with Gasteiger partial charge in [0.05, 0.1) is 9.80 Å². The van der Waals surface area contributed by atoms with E-state index in [0.29, 0.717) is 21.4 Å². The number of nitro groups is 1. The van der Waals surface area contributed by atoms with E-state index in [4.69, 9.17) is 11.6 Å². The van der Waals surface area contributed by atoms with Gasteiger partial charge in [0.25, 0.3) is 0 Å². The zero-order valence-corrected chi connectivity index (χ0v) is 13.1. The molecule has 110 valence electrons. The van der Waals surface area contributed by atoms with Crippen LogP contribution in [0.5, 0.6) is 0 Å². The summed E-state index contributed by atoms with van der Waals surface area (Å²) in [6.45, 7) is 1.83. The summed E-state index contributed by atoms with van der Waals surface area (Å²) >= 11 is 7.22. The van der Waals surface area contributed by atoms with Crippen LogP contribution in [-0.4, -0.2) is 17.8 Å². The van der Waals surface area contributed by atoms with Gasteiger partial charge >= 0.3 is 5.69 Å². The molecule has 5 nitrogen and oxygen atoms in total. The lowest BCUT2D eigenvalue weighted by Crippen LogP contribution is -2.16. The molecule has 0 bridgehead atoms. The average molecular weight is 325 g/mol. The average Bonchev–Trinajstić information content (AvgIpc) is 2.87. The van der Waals surface area contributed by atoms with Crippen LogP contribution in [-0.2, 0) is 6.54 Å². The number of halogens is 1. The van der Waals surface area contributed by atoms with E-state index in [1.807, 2.05) is 18.2 Å². The number of rotatable bonds is 5. The van der Waals surface area contributed by atoms with Crippen molar-refractivity contribution in [3.05, 3.63) is 55.9 Å². The Bertz CT molecular complexity index is 699. The van der Waals surface area contributed by atoms with E-state index < -0.39 is 4.92 Å². The summed E-state index contributed by atoms with van der Waals surface area (Å²) in [6.07, 6.45) is 0. The first kappa shape index (κ1) is 15.5. The minimum atomic E-state index is -0.471. The van der Waals surface area contributed by atoms with Crippen LogP contribution in [0.2, 0.25) is 5.02 Å². The van der Waals surface area contributed by atoms with Gasteiger partial charge in [0, 0.05) is 24.7 Å². The van der Waals surface area contributed by atoms with Gasteiger partial charge in [-0.15, -0.1) is 11.3 Å². The zero-order valence-electron chi connectivity index (χ0n) is 11.5. The Labute approximate surface area is 130 Å². The Hall–Kier alpha value is -1.92. The SMILES string of the molecule is CC(=O)c1cc([N+](=O)[O-])c(N(C)Cc2ccccc2Cl)s1. The maximum atomic E-state index is 11.4. The number of anilines is 1. The number of thiophene rings is 1. The fourth-order valence-corrected chi connectivity index (χ4v) is 3.08. The van der Waals surface area contributed by atoms with Gasteiger partial charge in [0.15, 0.2) is 10.8 Å². The first-order chi connectivity index (χ1) is 9.90. The summed E-state index contributed by atoms with van der Waals surface area (Å²) in [7, 11) is 1.74. The molecular formula is C14H13ClN2O3S. The van der Waals surface area contributed by atoms with Crippen LogP contribution in [0.1, 0.15) is 22.2 Å². The van der Waals surface area contributed by atoms with Crippen molar-refractivity contribution in [1.29, 1.82) is 0 Å². The number of Topliss-reactive ketones (excluding diaryl/α,β-unsaturated/α-hetero) is 1. The third kappa shape index (κ3) is 3.40. The molecule has 1 aromatic heterocycles. The van der Waals surface area contributed by atoms with E-state index >= 15 is 0 Å². The fourth-order valence-electron chi connectivity index (χ4n) is 1.90. The highest BCUT2D eigenvalue weighted by Gasteiger charge is 2.24. The molecule has 0 saturated heterocycles. The molecule has 0 fully saturated rings. The van der Waals surface area contributed by atoms with Crippen LogP contribution >= 0.6 is 22.9 Å². The number of hydrogen-bond acceptors (Lipinski definition) is 5. The number of carbonyl (C=O) groups excluding carboxylic acids is 1. The largest absolute Gasteiger partial charge is 0.356 e. The van der Waals surface area contributed by atoms with Crippen molar-refractivity contribution in [2.45, 2.75) is 13.5 Å². The predicted molar refractivity (Wildman–Crippen MR) is 84.5 cm³/mol. The minimum absolute atomic E-state index is 0.0558. The maximum Gasteiger partial charge on any atom is 0.304 e. The van der Waals surface area contributed by atoms with Crippen LogP contribution < -0.4 is 4.90 Å². The highest BCUT2D eigenvalue weighted by atomic mass is 35.5. The summed E-state index contributed by atoms with van der Waals surface area (Å²) in [5.74, 6) is -0.180. The van der Waals surface area contributed by atoms with Crippen molar-refractivity contribution in [2.75, 3.05) is 11.9 Å². The molecule has 21 heavy (non-hydrogen) atoms. The monoisotopic (exact) mass is 324 g/mol. The second kappa shape index (κ2) is 6.24. The number of benzene rings is 1. The lowest BCUT2D eigenvalue weighted by atomic mass is 10.2. The summed E-state index contributed by atoms with van der Waals surface area (Å²) in [6, 6.07) is 8.65. The van der Waals surface area contributed by atoms with Crippen molar-refractivity contribution in [2.24, 2.45) is 0 Å². The lowest BCUT2D eigenvalue weighted by Gasteiger charge is -2.17.